The molecule has 0 saturated carbocycles. The lowest BCUT2D eigenvalue weighted by atomic mass is 9.74. The van der Waals surface area contributed by atoms with Gasteiger partial charge in [0.2, 0.25) is 0 Å². The van der Waals surface area contributed by atoms with E-state index in [1.54, 1.807) is 0 Å². The third-order valence-electron chi connectivity index (χ3n) is 26.2. The lowest BCUT2D eigenvalue weighted by Crippen LogP contribution is -2.15. The van der Waals surface area contributed by atoms with Crippen molar-refractivity contribution in [1.29, 1.82) is 0 Å². The molecule has 24 rings (SSSR count). The van der Waals surface area contributed by atoms with Gasteiger partial charge in [0.15, 0.2) is 0 Å². The van der Waals surface area contributed by atoms with Gasteiger partial charge in [-0.25, -0.2) is 0 Å². The number of thiophene rings is 2. The average molecular weight is 1460 g/mol. The molecule has 524 valence electrons. The molecule has 2 atom stereocenters. The van der Waals surface area contributed by atoms with Gasteiger partial charge in [-0.3, -0.25) is 0 Å². The molecule has 112 heavy (non-hydrogen) atoms. The molecule has 4 aliphatic rings. The molecule has 4 aliphatic carbocycles. The number of hydrogen-bond acceptors (Lipinski definition) is 2. The van der Waals surface area contributed by atoms with E-state index in [0.29, 0.717) is 5.92 Å². The van der Waals surface area contributed by atoms with E-state index in [0.717, 1.165) is 0 Å². The minimum atomic E-state index is -0.254. The third-order valence-corrected chi connectivity index (χ3v) is 28.5. The highest BCUT2D eigenvalue weighted by molar-refractivity contribution is 7.27. The Kier molecular flexibility index (Phi) is 13.6. The van der Waals surface area contributed by atoms with E-state index in [4.69, 9.17) is 0 Å². The molecule has 18 aromatic carbocycles. The molecule has 0 amide bonds. The highest BCUT2D eigenvalue weighted by Gasteiger charge is 2.40. The summed E-state index contributed by atoms with van der Waals surface area (Å²) in [6.45, 7) is 9.71. The van der Waals surface area contributed by atoms with Crippen molar-refractivity contribution in [3.8, 4) is 89.0 Å². The first kappa shape index (κ1) is 64.0. The van der Waals surface area contributed by atoms with Crippen molar-refractivity contribution in [2.75, 3.05) is 0 Å². The Balaban J connectivity index is 0.647. The predicted octanol–water partition coefficient (Wildman–Crippen LogP) is 31.4. The zero-order chi connectivity index (χ0) is 74.0. The first-order valence-corrected chi connectivity index (χ1v) is 41.2. The summed E-state index contributed by atoms with van der Waals surface area (Å²) in [4.78, 5) is 0. The van der Waals surface area contributed by atoms with Crippen molar-refractivity contribution in [2.45, 2.75) is 38.5 Å². The van der Waals surface area contributed by atoms with Crippen LogP contribution in [-0.4, -0.2) is 0 Å². The Morgan fingerprint density at radius 1 is 0.241 bits per heavy atom. The smallest absolute Gasteiger partial charge is 0.0440 e. The van der Waals surface area contributed by atoms with Crippen LogP contribution in [0.4, 0.5) is 0 Å². The van der Waals surface area contributed by atoms with Gasteiger partial charge in [0, 0.05) is 68.4 Å². The van der Waals surface area contributed by atoms with Crippen molar-refractivity contribution in [3.63, 3.8) is 0 Å². The summed E-state index contributed by atoms with van der Waals surface area (Å²) in [7, 11) is 0. The molecule has 2 aromatic heterocycles. The van der Waals surface area contributed by atoms with Gasteiger partial charge in [-0.1, -0.05) is 337 Å². The number of allylic oxidation sites excluding steroid dienone is 8. The van der Waals surface area contributed by atoms with Crippen molar-refractivity contribution in [2.24, 2.45) is 11.8 Å². The minimum absolute atomic E-state index is 0.148. The first-order valence-electron chi connectivity index (χ1n) is 39.5. The van der Waals surface area contributed by atoms with Crippen LogP contribution in [0.2, 0.25) is 0 Å². The molecule has 0 radical (unpaired) electrons. The molecular weight excluding hydrogens is 1390 g/mol. The quantitative estimate of drug-likeness (QED) is 0.140. The van der Waals surface area contributed by atoms with Crippen molar-refractivity contribution in [3.05, 3.63) is 380 Å². The fraction of sp³-hybridized carbons (Fsp3) is 0.0727. The lowest BCUT2D eigenvalue weighted by molar-refractivity contribution is 0.661. The van der Waals surface area contributed by atoms with Crippen LogP contribution in [0.25, 0.3) is 210 Å². The lowest BCUT2D eigenvalue weighted by Gasteiger charge is -2.29. The molecule has 2 heteroatoms. The molecule has 0 nitrogen and oxygen atoms in total. The summed E-state index contributed by atoms with van der Waals surface area (Å²) in [5.74, 6) is 0.626. The standard InChI is InChI=1S/C110H72S2/c1-109(2)92-54-50-67(60-90(92)104-94(109)56-49-64-48-52-87-75-31-15-17-46-96(75)112-108(87)101(64)104)65-26-19-29-70(58-65)100-80-34-9-13-38-84(80)103(85-39-14-10-35-81(85)100)77-45-23-41-72-73(77)42-22-43-74(72)89-62-98-106(88-40-16-18-47-97(88)111-98)107-86(89)53-57-95-105(107)91-61-68(51-55-93(91)110(95,3)4)66-27-20-28-69(59-66)99-78-32-7-11-36-82(78)102(83-37-12-8-33-79(83)99)76-44-21-25-63-24-5-6-30-71(63)76/h5-63,71H,1-4H3. The second-order valence-electron chi connectivity index (χ2n) is 32.6. The molecule has 0 aliphatic heterocycles. The number of fused-ring (bicyclic) bond motifs is 24. The van der Waals surface area contributed by atoms with Gasteiger partial charge < -0.3 is 0 Å². The Morgan fingerprint density at radius 2 is 0.679 bits per heavy atom. The molecule has 0 bridgehead atoms. The fourth-order valence-electron chi connectivity index (χ4n) is 21.1. The average Bonchev–Trinajstić information content (AvgIpc) is 1.85. The van der Waals surface area contributed by atoms with E-state index in [1.165, 1.54) is 238 Å². The second kappa shape index (κ2) is 23.8. The van der Waals surface area contributed by atoms with Crippen LogP contribution in [0, 0.1) is 11.8 Å². The van der Waals surface area contributed by atoms with Crippen molar-refractivity contribution < 1.29 is 0 Å². The molecule has 0 N–H and O–H groups in total. The van der Waals surface area contributed by atoms with Gasteiger partial charge in [-0.05, 0) is 235 Å². The van der Waals surface area contributed by atoms with E-state index in [2.05, 4.69) is 380 Å². The highest BCUT2D eigenvalue weighted by Crippen LogP contribution is 2.59. The summed E-state index contributed by atoms with van der Waals surface area (Å²) < 4.78 is 5.33. The van der Waals surface area contributed by atoms with Gasteiger partial charge in [0.1, 0.15) is 0 Å². The Labute approximate surface area is 658 Å². The monoisotopic (exact) mass is 1460 g/mol. The minimum Gasteiger partial charge on any atom is -0.135 e. The van der Waals surface area contributed by atoms with E-state index in [1.807, 2.05) is 22.7 Å². The first-order chi connectivity index (χ1) is 55.1. The Bertz CT molecular complexity index is 7650. The summed E-state index contributed by atoms with van der Waals surface area (Å²) in [5.41, 5.74) is 28.1. The molecule has 2 heterocycles. The van der Waals surface area contributed by atoms with Gasteiger partial charge in [-0.2, -0.15) is 0 Å². The van der Waals surface area contributed by atoms with E-state index >= 15 is 0 Å². The number of hydrogen-bond donors (Lipinski definition) is 0. The van der Waals surface area contributed by atoms with Crippen LogP contribution in [0.5, 0.6) is 0 Å². The zero-order valence-corrected chi connectivity index (χ0v) is 64.1. The molecule has 0 saturated heterocycles. The zero-order valence-electron chi connectivity index (χ0n) is 62.5. The molecular formula is C110H72S2. The number of rotatable bonds is 7. The van der Waals surface area contributed by atoms with Crippen LogP contribution in [0.3, 0.4) is 0 Å². The SMILES string of the molecule is CC1(C)c2ccc(-c3cccc(-c4c5ccccc5c(-c5cccc6c(-c7cc8sc9ccccc9c8c8c9c(ccc78)C(C)(C)c7ccc(-c8cccc(-c%10c%11ccccc%11c(C%11=CC=CC%12C=CC=CC%11%12)c%11ccccc%10%11)c8)cc7-9)cccc56)c5ccccc45)c3)cc2-c2c1ccc1ccc3c4ccccc4sc3c21. The molecule has 2 unspecified atom stereocenters. The maximum Gasteiger partial charge on any atom is 0.0440 e. The van der Waals surface area contributed by atoms with Gasteiger partial charge in [0.05, 0.1) is 0 Å². The van der Waals surface area contributed by atoms with Crippen LogP contribution < -0.4 is 0 Å². The largest absolute Gasteiger partial charge is 0.135 e. The molecule has 0 spiro atoms. The topological polar surface area (TPSA) is 0 Å². The van der Waals surface area contributed by atoms with E-state index in [-0.39, 0.29) is 16.7 Å². The second-order valence-corrected chi connectivity index (χ2v) is 34.8. The third kappa shape index (κ3) is 9.05. The normalized spacial score (nSPS) is 15.8. The molecule has 20 aromatic rings. The predicted molar refractivity (Wildman–Crippen MR) is 485 cm³/mol. The molecule has 0 fully saturated rings. The highest BCUT2D eigenvalue weighted by atomic mass is 32.1. The van der Waals surface area contributed by atoms with Crippen molar-refractivity contribution in [1.82, 2.24) is 0 Å². The van der Waals surface area contributed by atoms with Gasteiger partial charge >= 0.3 is 0 Å². The maximum absolute atomic E-state index is 2.54. The van der Waals surface area contributed by atoms with Gasteiger partial charge in [-0.15, -0.1) is 22.7 Å². The van der Waals surface area contributed by atoms with Crippen LogP contribution in [0.1, 0.15) is 55.5 Å². The summed E-state index contributed by atoms with van der Waals surface area (Å²) in [6, 6.07) is 119. The van der Waals surface area contributed by atoms with Crippen LogP contribution in [0.15, 0.2) is 352 Å². The van der Waals surface area contributed by atoms with E-state index < -0.39 is 0 Å². The fourth-order valence-corrected chi connectivity index (χ4v) is 23.5. The van der Waals surface area contributed by atoms with Gasteiger partial charge in [0.25, 0.3) is 0 Å². The van der Waals surface area contributed by atoms with Crippen LogP contribution in [-0.2, 0) is 10.8 Å². The van der Waals surface area contributed by atoms with Crippen molar-refractivity contribution >= 4 is 144 Å². The maximum atomic E-state index is 2.54. The van der Waals surface area contributed by atoms with E-state index in [9.17, 15) is 0 Å². The van der Waals surface area contributed by atoms with Crippen LogP contribution >= 0.6 is 22.7 Å². The summed E-state index contributed by atoms with van der Waals surface area (Å²) in [6.07, 6.45) is 16.1. The summed E-state index contributed by atoms with van der Waals surface area (Å²) in [5, 5.41) is 23.2. The Hall–Kier alpha value is -12.8. The summed E-state index contributed by atoms with van der Waals surface area (Å²) >= 11 is 3.86. The Morgan fingerprint density at radius 3 is 1.29 bits per heavy atom. The number of benzene rings is 18.